The minimum atomic E-state index is 0.729. The van der Waals surface area contributed by atoms with Gasteiger partial charge in [-0.2, -0.15) is 0 Å². The molecule has 18 heavy (non-hydrogen) atoms. The maximum Gasteiger partial charge on any atom is 0.129 e. The number of aromatic amines is 1. The van der Waals surface area contributed by atoms with E-state index >= 15 is 0 Å². The van der Waals surface area contributed by atoms with E-state index in [-0.39, 0.29) is 0 Å². The second-order valence-electron chi connectivity index (χ2n) is 4.86. The minimum absolute atomic E-state index is 0.729. The second-order valence-corrected chi connectivity index (χ2v) is 4.86. The van der Waals surface area contributed by atoms with Crippen LogP contribution in [0.4, 0.5) is 0 Å². The van der Waals surface area contributed by atoms with E-state index in [0.29, 0.717) is 0 Å². The third kappa shape index (κ3) is 2.59. The van der Waals surface area contributed by atoms with Gasteiger partial charge >= 0.3 is 0 Å². The van der Waals surface area contributed by atoms with Crippen LogP contribution in [0.2, 0.25) is 0 Å². The Morgan fingerprint density at radius 2 is 2.11 bits per heavy atom. The van der Waals surface area contributed by atoms with E-state index in [9.17, 15) is 0 Å². The summed E-state index contributed by atoms with van der Waals surface area (Å²) >= 11 is 0. The molecule has 94 valence electrons. The SMILES string of the molecule is c1cc(-c2cc[nH]c2)nc(CC2CCNCC2)n1. The third-order valence-corrected chi connectivity index (χ3v) is 3.53. The van der Waals surface area contributed by atoms with Crippen LogP contribution in [-0.4, -0.2) is 28.0 Å². The van der Waals surface area contributed by atoms with Crippen LogP contribution in [0.3, 0.4) is 0 Å². The maximum absolute atomic E-state index is 4.66. The van der Waals surface area contributed by atoms with Crippen molar-refractivity contribution in [1.29, 1.82) is 0 Å². The Balaban J connectivity index is 1.74. The number of piperidine rings is 1. The molecule has 3 heterocycles. The summed E-state index contributed by atoms with van der Waals surface area (Å²) in [6.07, 6.45) is 9.22. The molecule has 2 aromatic rings. The lowest BCUT2D eigenvalue weighted by molar-refractivity contribution is 0.367. The zero-order valence-electron chi connectivity index (χ0n) is 10.4. The Hall–Kier alpha value is -1.68. The summed E-state index contributed by atoms with van der Waals surface area (Å²) in [5, 5.41) is 3.39. The smallest absolute Gasteiger partial charge is 0.129 e. The van der Waals surface area contributed by atoms with E-state index in [0.717, 1.165) is 42.5 Å². The molecule has 1 aliphatic rings. The highest BCUT2D eigenvalue weighted by molar-refractivity contribution is 5.57. The summed E-state index contributed by atoms with van der Waals surface area (Å²) in [5.41, 5.74) is 2.14. The molecule has 2 aromatic heterocycles. The van der Waals surface area contributed by atoms with Crippen LogP contribution in [-0.2, 0) is 6.42 Å². The van der Waals surface area contributed by atoms with Crippen molar-refractivity contribution in [2.75, 3.05) is 13.1 Å². The van der Waals surface area contributed by atoms with Crippen LogP contribution in [0.25, 0.3) is 11.3 Å². The first kappa shape index (κ1) is 11.4. The average Bonchev–Trinajstić information content (AvgIpc) is 2.94. The highest BCUT2D eigenvalue weighted by Gasteiger charge is 2.15. The van der Waals surface area contributed by atoms with Crippen LogP contribution in [0.5, 0.6) is 0 Å². The number of nitrogens with zero attached hydrogens (tertiary/aromatic N) is 2. The number of aromatic nitrogens is 3. The molecule has 0 unspecified atom stereocenters. The number of rotatable bonds is 3. The first-order valence-corrected chi connectivity index (χ1v) is 6.57. The summed E-state index contributed by atoms with van der Waals surface area (Å²) in [6, 6.07) is 4.01. The molecule has 0 aliphatic carbocycles. The van der Waals surface area contributed by atoms with Crippen LogP contribution >= 0.6 is 0 Å². The van der Waals surface area contributed by atoms with Crippen molar-refractivity contribution in [2.45, 2.75) is 19.3 Å². The van der Waals surface area contributed by atoms with Crippen molar-refractivity contribution in [2.24, 2.45) is 5.92 Å². The normalized spacial score (nSPS) is 16.9. The minimum Gasteiger partial charge on any atom is -0.367 e. The Kier molecular flexibility index (Phi) is 3.37. The largest absolute Gasteiger partial charge is 0.367 e. The van der Waals surface area contributed by atoms with Crippen molar-refractivity contribution < 1.29 is 0 Å². The quantitative estimate of drug-likeness (QED) is 0.865. The molecule has 0 bridgehead atoms. The fourth-order valence-corrected chi connectivity index (χ4v) is 2.49. The predicted molar refractivity (Wildman–Crippen MR) is 71.1 cm³/mol. The predicted octanol–water partition coefficient (Wildman–Crippen LogP) is 2.01. The molecule has 4 heteroatoms. The topological polar surface area (TPSA) is 53.6 Å². The molecule has 3 rings (SSSR count). The Morgan fingerprint density at radius 3 is 2.89 bits per heavy atom. The first-order chi connectivity index (χ1) is 8.92. The number of nitrogens with one attached hydrogen (secondary N) is 2. The Labute approximate surface area is 107 Å². The lowest BCUT2D eigenvalue weighted by Crippen LogP contribution is -2.29. The molecule has 1 aliphatic heterocycles. The van der Waals surface area contributed by atoms with Gasteiger partial charge in [-0.05, 0) is 44.0 Å². The first-order valence-electron chi connectivity index (χ1n) is 6.57. The van der Waals surface area contributed by atoms with Crippen molar-refractivity contribution in [3.63, 3.8) is 0 Å². The maximum atomic E-state index is 4.66. The van der Waals surface area contributed by atoms with Crippen molar-refractivity contribution >= 4 is 0 Å². The number of hydrogen-bond acceptors (Lipinski definition) is 3. The van der Waals surface area contributed by atoms with Crippen LogP contribution in [0.15, 0.2) is 30.7 Å². The molecule has 2 N–H and O–H groups in total. The van der Waals surface area contributed by atoms with Gasteiger partial charge in [-0.1, -0.05) is 0 Å². The second kappa shape index (κ2) is 5.31. The Morgan fingerprint density at radius 1 is 1.22 bits per heavy atom. The molecule has 4 nitrogen and oxygen atoms in total. The summed E-state index contributed by atoms with van der Waals surface area (Å²) in [7, 11) is 0. The van der Waals surface area contributed by atoms with Gasteiger partial charge in [0.15, 0.2) is 0 Å². The van der Waals surface area contributed by atoms with E-state index in [1.165, 1.54) is 12.8 Å². The number of H-pyrrole nitrogens is 1. The summed E-state index contributed by atoms with van der Waals surface area (Å²) in [6.45, 7) is 2.25. The highest BCUT2D eigenvalue weighted by Crippen LogP contribution is 2.19. The molecular weight excluding hydrogens is 224 g/mol. The average molecular weight is 242 g/mol. The monoisotopic (exact) mass is 242 g/mol. The molecule has 0 amide bonds. The van der Waals surface area contributed by atoms with Gasteiger partial charge in [0.1, 0.15) is 5.82 Å². The molecule has 0 spiro atoms. The van der Waals surface area contributed by atoms with Gasteiger partial charge in [0, 0.05) is 30.6 Å². The fraction of sp³-hybridized carbons (Fsp3) is 0.429. The lowest BCUT2D eigenvalue weighted by Gasteiger charge is -2.21. The third-order valence-electron chi connectivity index (χ3n) is 3.53. The van der Waals surface area contributed by atoms with E-state index in [1.54, 1.807) is 0 Å². The molecule has 0 atom stereocenters. The van der Waals surface area contributed by atoms with Gasteiger partial charge in [-0.15, -0.1) is 0 Å². The zero-order valence-corrected chi connectivity index (χ0v) is 10.4. The van der Waals surface area contributed by atoms with Crippen LogP contribution in [0.1, 0.15) is 18.7 Å². The summed E-state index contributed by atoms with van der Waals surface area (Å²) in [4.78, 5) is 12.1. The van der Waals surface area contributed by atoms with E-state index < -0.39 is 0 Å². The molecule has 0 aromatic carbocycles. The van der Waals surface area contributed by atoms with Gasteiger partial charge in [0.05, 0.1) is 5.69 Å². The van der Waals surface area contributed by atoms with Crippen molar-refractivity contribution in [1.82, 2.24) is 20.3 Å². The van der Waals surface area contributed by atoms with Crippen molar-refractivity contribution in [3.05, 3.63) is 36.5 Å². The van der Waals surface area contributed by atoms with E-state index in [2.05, 4.69) is 20.3 Å². The van der Waals surface area contributed by atoms with Gasteiger partial charge in [-0.3, -0.25) is 0 Å². The number of hydrogen-bond donors (Lipinski definition) is 2. The fourth-order valence-electron chi connectivity index (χ4n) is 2.49. The lowest BCUT2D eigenvalue weighted by atomic mass is 9.94. The Bertz CT molecular complexity index is 486. The standard InChI is InChI=1S/C14H18N4/c1-5-15-6-2-11(1)9-14-17-8-4-13(18-14)12-3-7-16-10-12/h3-4,7-8,10-11,15-16H,1-2,5-6,9H2. The van der Waals surface area contributed by atoms with E-state index in [4.69, 9.17) is 0 Å². The van der Waals surface area contributed by atoms with Gasteiger partial charge in [0.25, 0.3) is 0 Å². The van der Waals surface area contributed by atoms with Gasteiger partial charge < -0.3 is 10.3 Å². The highest BCUT2D eigenvalue weighted by atomic mass is 14.9. The van der Waals surface area contributed by atoms with Crippen LogP contribution in [0, 0.1) is 5.92 Å². The summed E-state index contributed by atoms with van der Waals surface area (Å²) in [5.74, 6) is 1.70. The van der Waals surface area contributed by atoms with Gasteiger partial charge in [-0.25, -0.2) is 9.97 Å². The zero-order chi connectivity index (χ0) is 12.2. The van der Waals surface area contributed by atoms with Crippen LogP contribution < -0.4 is 5.32 Å². The summed E-state index contributed by atoms with van der Waals surface area (Å²) < 4.78 is 0. The molecule has 0 saturated carbocycles. The van der Waals surface area contributed by atoms with Crippen molar-refractivity contribution in [3.8, 4) is 11.3 Å². The van der Waals surface area contributed by atoms with E-state index in [1.807, 2.05) is 30.7 Å². The molecule has 1 fully saturated rings. The van der Waals surface area contributed by atoms with Gasteiger partial charge in [0.2, 0.25) is 0 Å². The molecular formula is C14H18N4. The molecule has 0 radical (unpaired) electrons. The molecule has 1 saturated heterocycles.